The van der Waals surface area contributed by atoms with Gasteiger partial charge >= 0.3 is 5.97 Å². The van der Waals surface area contributed by atoms with Crippen molar-refractivity contribution in [3.8, 4) is 0 Å². The Hall–Kier alpha value is -1.56. The van der Waals surface area contributed by atoms with Crippen LogP contribution in [0.1, 0.15) is 10.6 Å². The summed E-state index contributed by atoms with van der Waals surface area (Å²) < 4.78 is 5.38. The van der Waals surface area contributed by atoms with E-state index in [2.05, 4.69) is 30.6 Å². The first-order chi connectivity index (χ1) is 7.11. The van der Waals surface area contributed by atoms with Crippen LogP contribution in [0.4, 0.5) is 5.69 Å². The Morgan fingerprint density at radius 2 is 2.33 bits per heavy atom. The van der Waals surface area contributed by atoms with E-state index in [9.17, 15) is 4.79 Å². The molecule has 0 amide bonds. The molecule has 0 saturated heterocycles. The lowest BCUT2D eigenvalue weighted by molar-refractivity contribution is 0.0588. The first-order valence-electron chi connectivity index (χ1n) is 4.15. The van der Waals surface area contributed by atoms with Gasteiger partial charge in [0.1, 0.15) is 5.52 Å². The van der Waals surface area contributed by atoms with E-state index >= 15 is 0 Å². The highest BCUT2D eigenvalue weighted by atomic mass is 79.9. The monoisotopic (exact) mass is 269 g/mol. The van der Waals surface area contributed by atoms with Crippen molar-refractivity contribution in [3.05, 3.63) is 22.4 Å². The predicted octanol–water partition coefficient (Wildman–Crippen LogP) is 1.69. The van der Waals surface area contributed by atoms with Crippen molar-refractivity contribution in [1.82, 2.24) is 9.97 Å². The maximum atomic E-state index is 11.2. The number of H-pyrrole nitrogens is 1. The number of imidazole rings is 1. The van der Waals surface area contributed by atoms with Crippen LogP contribution < -0.4 is 5.73 Å². The predicted molar refractivity (Wildman–Crippen MR) is 59.5 cm³/mol. The molecular weight excluding hydrogens is 262 g/mol. The molecule has 0 saturated carbocycles. The van der Waals surface area contributed by atoms with Crippen LogP contribution in [-0.4, -0.2) is 23.0 Å². The third-order valence-corrected chi connectivity index (χ3v) is 2.42. The van der Waals surface area contributed by atoms with Crippen LogP contribution in [0.3, 0.4) is 0 Å². The number of anilines is 1. The second kappa shape index (κ2) is 3.54. The van der Waals surface area contributed by atoms with Gasteiger partial charge in [-0.05, 0) is 12.1 Å². The lowest BCUT2D eigenvalue weighted by Gasteiger charge is -1.94. The molecule has 0 aliphatic rings. The van der Waals surface area contributed by atoms with Crippen molar-refractivity contribution in [1.29, 1.82) is 0 Å². The Labute approximate surface area is 93.8 Å². The molecule has 0 fully saturated rings. The van der Waals surface area contributed by atoms with Crippen LogP contribution in [0.5, 0.6) is 0 Å². The van der Waals surface area contributed by atoms with Gasteiger partial charge in [0.25, 0.3) is 0 Å². The summed E-state index contributed by atoms with van der Waals surface area (Å²) in [5.74, 6) is -0.362. The molecule has 1 heterocycles. The van der Waals surface area contributed by atoms with E-state index in [1.165, 1.54) is 7.11 Å². The van der Waals surface area contributed by atoms with Crippen LogP contribution in [0, 0.1) is 0 Å². The third-order valence-electron chi connectivity index (χ3n) is 1.96. The maximum absolute atomic E-state index is 11.2. The normalized spacial score (nSPS) is 10.5. The van der Waals surface area contributed by atoms with Gasteiger partial charge in [0.15, 0.2) is 0 Å². The van der Waals surface area contributed by atoms with E-state index in [0.717, 1.165) is 4.47 Å². The number of fused-ring (bicyclic) bond motifs is 1. The highest BCUT2D eigenvalue weighted by molar-refractivity contribution is 9.10. The van der Waals surface area contributed by atoms with Gasteiger partial charge < -0.3 is 15.5 Å². The molecule has 2 aromatic rings. The Bertz CT molecular complexity index is 535. The molecule has 0 aliphatic carbocycles. The summed E-state index contributed by atoms with van der Waals surface area (Å²) in [6.45, 7) is 0. The molecule has 6 heteroatoms. The number of hydrogen-bond donors (Lipinski definition) is 2. The van der Waals surface area contributed by atoms with Crippen LogP contribution in [0.2, 0.25) is 0 Å². The minimum absolute atomic E-state index is 0.150. The molecule has 2 rings (SSSR count). The number of carbonyl (C=O) groups excluding carboxylic acids is 1. The number of ether oxygens (including phenoxy) is 1. The number of aromatic amines is 1. The first kappa shape index (κ1) is 9.97. The van der Waals surface area contributed by atoms with E-state index in [1.807, 2.05) is 0 Å². The van der Waals surface area contributed by atoms with Gasteiger partial charge in [-0.2, -0.15) is 0 Å². The number of nitrogens with zero attached hydrogens (tertiary/aromatic N) is 1. The van der Waals surface area contributed by atoms with E-state index in [1.54, 1.807) is 12.1 Å². The summed E-state index contributed by atoms with van der Waals surface area (Å²) in [6.07, 6.45) is 0. The van der Waals surface area contributed by atoms with Gasteiger partial charge in [-0.1, -0.05) is 15.9 Å². The maximum Gasteiger partial charge on any atom is 0.374 e. The molecule has 1 aromatic carbocycles. The number of aromatic nitrogens is 2. The fraction of sp³-hybridized carbons (Fsp3) is 0.111. The number of nitrogen functional groups attached to an aromatic ring is 1. The van der Waals surface area contributed by atoms with Crippen molar-refractivity contribution in [2.75, 3.05) is 12.8 Å². The van der Waals surface area contributed by atoms with Crippen LogP contribution in [0.25, 0.3) is 11.0 Å². The van der Waals surface area contributed by atoms with E-state index in [-0.39, 0.29) is 5.82 Å². The van der Waals surface area contributed by atoms with Crippen molar-refractivity contribution in [3.63, 3.8) is 0 Å². The smallest absolute Gasteiger partial charge is 0.374 e. The average molecular weight is 270 g/mol. The average Bonchev–Trinajstić information content (AvgIpc) is 2.60. The van der Waals surface area contributed by atoms with Crippen LogP contribution in [0.15, 0.2) is 16.6 Å². The zero-order valence-electron chi connectivity index (χ0n) is 7.87. The number of carbonyl (C=O) groups is 1. The number of esters is 1. The number of methoxy groups -OCH3 is 1. The van der Waals surface area contributed by atoms with Gasteiger partial charge in [-0.15, -0.1) is 0 Å². The van der Waals surface area contributed by atoms with Crippen molar-refractivity contribution < 1.29 is 9.53 Å². The van der Waals surface area contributed by atoms with Gasteiger partial charge in [0.05, 0.1) is 18.3 Å². The summed E-state index contributed by atoms with van der Waals surface area (Å²) >= 11 is 3.30. The topological polar surface area (TPSA) is 81.0 Å². The lowest BCUT2D eigenvalue weighted by Crippen LogP contribution is -2.02. The molecule has 1 aromatic heterocycles. The van der Waals surface area contributed by atoms with Gasteiger partial charge in [0.2, 0.25) is 5.82 Å². The van der Waals surface area contributed by atoms with Crippen molar-refractivity contribution >= 4 is 38.6 Å². The van der Waals surface area contributed by atoms with Crippen LogP contribution >= 0.6 is 15.9 Å². The summed E-state index contributed by atoms with van der Waals surface area (Å²) in [7, 11) is 1.30. The second-order valence-corrected chi connectivity index (χ2v) is 3.88. The SMILES string of the molecule is COC(=O)c1nc2c(N)cc(Br)cc2[nH]1. The molecule has 0 radical (unpaired) electrons. The zero-order valence-corrected chi connectivity index (χ0v) is 9.46. The molecule has 5 nitrogen and oxygen atoms in total. The van der Waals surface area contributed by atoms with Crippen molar-refractivity contribution in [2.45, 2.75) is 0 Å². The lowest BCUT2D eigenvalue weighted by atomic mass is 10.3. The van der Waals surface area contributed by atoms with Gasteiger partial charge in [0, 0.05) is 4.47 Å². The molecule has 15 heavy (non-hydrogen) atoms. The molecule has 0 bridgehead atoms. The van der Waals surface area contributed by atoms with Crippen molar-refractivity contribution in [2.24, 2.45) is 0 Å². The largest absolute Gasteiger partial charge is 0.463 e. The van der Waals surface area contributed by atoms with Crippen LogP contribution in [-0.2, 0) is 4.74 Å². The second-order valence-electron chi connectivity index (χ2n) is 2.97. The highest BCUT2D eigenvalue weighted by Gasteiger charge is 2.13. The number of nitrogens with one attached hydrogen (secondary N) is 1. The Morgan fingerprint density at radius 1 is 1.60 bits per heavy atom. The highest BCUT2D eigenvalue weighted by Crippen LogP contribution is 2.24. The van der Waals surface area contributed by atoms with E-state index in [4.69, 9.17) is 5.73 Å². The molecule has 0 atom stereocenters. The molecule has 78 valence electrons. The standard InChI is InChI=1S/C9H8BrN3O2/c1-15-9(14)8-12-6-3-4(10)2-5(11)7(6)13-8/h2-3H,11H2,1H3,(H,12,13). The quantitative estimate of drug-likeness (QED) is 0.610. The number of nitrogens with two attached hydrogens (primary N) is 1. The zero-order chi connectivity index (χ0) is 11.0. The van der Waals surface area contributed by atoms with Gasteiger partial charge in [-0.25, -0.2) is 9.78 Å². The van der Waals surface area contributed by atoms with Gasteiger partial charge in [-0.3, -0.25) is 0 Å². The fourth-order valence-corrected chi connectivity index (χ4v) is 1.78. The molecule has 0 unspecified atom stereocenters. The number of benzene rings is 1. The number of rotatable bonds is 1. The minimum atomic E-state index is -0.512. The Balaban J connectivity index is 2.65. The Kier molecular flexibility index (Phi) is 2.36. The molecule has 0 spiro atoms. The number of hydrogen-bond acceptors (Lipinski definition) is 4. The summed E-state index contributed by atoms with van der Waals surface area (Å²) in [6, 6.07) is 3.52. The summed E-state index contributed by atoms with van der Waals surface area (Å²) in [5.41, 5.74) is 7.52. The fourth-order valence-electron chi connectivity index (χ4n) is 1.30. The minimum Gasteiger partial charge on any atom is -0.463 e. The number of halogens is 1. The van der Waals surface area contributed by atoms with E-state index < -0.39 is 5.97 Å². The first-order valence-corrected chi connectivity index (χ1v) is 4.94. The summed E-state index contributed by atoms with van der Waals surface area (Å²) in [4.78, 5) is 18.1. The third kappa shape index (κ3) is 1.68. The van der Waals surface area contributed by atoms with E-state index in [0.29, 0.717) is 16.7 Å². The molecule has 0 aliphatic heterocycles. The Morgan fingerprint density at radius 3 is 3.00 bits per heavy atom. The summed E-state index contributed by atoms with van der Waals surface area (Å²) in [5, 5.41) is 0. The molecular formula is C9H8BrN3O2. The molecule has 3 N–H and O–H groups in total.